The van der Waals surface area contributed by atoms with E-state index in [4.69, 9.17) is 11.6 Å². The maximum Gasteiger partial charge on any atom is 0.417 e. The minimum Gasteiger partial charge on any atom is -0.506 e. The zero-order chi connectivity index (χ0) is 27.5. The van der Waals surface area contributed by atoms with Crippen LogP contribution in [0.1, 0.15) is 34.8 Å². The van der Waals surface area contributed by atoms with Crippen LogP contribution >= 0.6 is 11.6 Å². The molecule has 2 amide bonds. The Kier molecular flexibility index (Phi) is 8.19. The smallest absolute Gasteiger partial charge is 0.417 e. The molecule has 3 aromatic rings. The summed E-state index contributed by atoms with van der Waals surface area (Å²) in [5.74, 6) is -2.67. The lowest BCUT2D eigenvalue weighted by molar-refractivity contribution is -0.137. The topological polar surface area (TPSA) is 113 Å². The highest BCUT2D eigenvalue weighted by molar-refractivity contribution is 7.92. The Labute approximate surface area is 216 Å². The van der Waals surface area contributed by atoms with E-state index in [1.807, 2.05) is 0 Å². The molecule has 0 aliphatic carbocycles. The monoisotopic (exact) mass is 554 g/mol. The number of carbonyl (C=O) groups excluding carboxylic acids is 2. The predicted octanol–water partition coefficient (Wildman–Crippen LogP) is 5.82. The van der Waals surface area contributed by atoms with E-state index in [-0.39, 0.29) is 27.7 Å². The summed E-state index contributed by atoms with van der Waals surface area (Å²) in [5, 5.41) is 13.2. The van der Waals surface area contributed by atoms with Crippen molar-refractivity contribution in [2.75, 3.05) is 10.6 Å². The Hall–Kier alpha value is -3.57. The zero-order valence-corrected chi connectivity index (χ0v) is 21.1. The van der Waals surface area contributed by atoms with E-state index < -0.39 is 50.0 Å². The first kappa shape index (κ1) is 28.0. The molecule has 0 saturated heterocycles. The normalized spacial score (nSPS) is 12.6. The molecule has 12 heteroatoms. The van der Waals surface area contributed by atoms with E-state index in [1.54, 1.807) is 19.1 Å². The molecule has 37 heavy (non-hydrogen) atoms. The number of benzene rings is 3. The zero-order valence-electron chi connectivity index (χ0n) is 19.6. The Bertz CT molecular complexity index is 1460. The van der Waals surface area contributed by atoms with Crippen LogP contribution in [0.2, 0.25) is 5.02 Å². The summed E-state index contributed by atoms with van der Waals surface area (Å²) in [6, 6.07) is 12.2. The second-order valence-electron chi connectivity index (χ2n) is 8.09. The van der Waals surface area contributed by atoms with E-state index in [0.29, 0.717) is 5.56 Å². The number of amides is 2. The van der Waals surface area contributed by atoms with Gasteiger partial charge in [0.1, 0.15) is 11.0 Å². The number of hydrogen-bond acceptors (Lipinski definition) is 5. The van der Waals surface area contributed by atoms with E-state index in [1.165, 1.54) is 25.1 Å². The molecule has 0 saturated carbocycles. The van der Waals surface area contributed by atoms with Crippen LogP contribution in [0.5, 0.6) is 5.75 Å². The van der Waals surface area contributed by atoms with Gasteiger partial charge in [-0.2, -0.15) is 13.2 Å². The Morgan fingerprint density at radius 1 is 1.00 bits per heavy atom. The number of carbonyl (C=O) groups is 2. The second-order valence-corrected chi connectivity index (χ2v) is 10.6. The van der Waals surface area contributed by atoms with Crippen LogP contribution in [0, 0.1) is 6.92 Å². The van der Waals surface area contributed by atoms with Gasteiger partial charge in [-0.15, -0.1) is 0 Å². The summed E-state index contributed by atoms with van der Waals surface area (Å²) < 4.78 is 65.8. The third-order valence-corrected chi connectivity index (χ3v) is 7.94. The SMILES string of the molecule is CCC(C(=O)Nc1cc(O)c(NC(=O)c2ccccc2C(F)(F)F)cc1Cl)S(=O)(=O)c1cccc(C)c1. The van der Waals surface area contributed by atoms with Gasteiger partial charge in [0.05, 0.1) is 32.4 Å². The minimum absolute atomic E-state index is 0.0272. The summed E-state index contributed by atoms with van der Waals surface area (Å²) in [7, 11) is -4.05. The number of sulfone groups is 1. The third-order valence-electron chi connectivity index (χ3n) is 5.42. The number of alkyl halides is 3. The van der Waals surface area contributed by atoms with Crippen LogP contribution in [-0.2, 0) is 20.8 Å². The Morgan fingerprint density at radius 3 is 2.30 bits per heavy atom. The minimum atomic E-state index is -4.78. The molecule has 7 nitrogen and oxygen atoms in total. The summed E-state index contributed by atoms with van der Waals surface area (Å²) in [5.41, 5.74) is -1.61. The van der Waals surface area contributed by atoms with Crippen molar-refractivity contribution >= 4 is 44.6 Å². The van der Waals surface area contributed by atoms with E-state index in [9.17, 15) is 36.3 Å². The number of halogens is 4. The number of phenols is 1. The van der Waals surface area contributed by atoms with Crippen LogP contribution in [-0.4, -0.2) is 30.6 Å². The molecule has 0 heterocycles. The molecule has 0 bridgehead atoms. The fourth-order valence-electron chi connectivity index (χ4n) is 3.59. The molecule has 1 atom stereocenters. The van der Waals surface area contributed by atoms with Gasteiger partial charge in [0.25, 0.3) is 5.91 Å². The van der Waals surface area contributed by atoms with Gasteiger partial charge in [0.15, 0.2) is 9.84 Å². The molecule has 0 radical (unpaired) electrons. The lowest BCUT2D eigenvalue weighted by atomic mass is 10.1. The molecule has 0 aliphatic rings. The molecule has 0 aromatic heterocycles. The Balaban J connectivity index is 1.84. The van der Waals surface area contributed by atoms with Crippen LogP contribution in [0.15, 0.2) is 65.6 Å². The Morgan fingerprint density at radius 2 is 1.68 bits per heavy atom. The number of hydrogen-bond donors (Lipinski definition) is 3. The first-order valence-electron chi connectivity index (χ1n) is 10.9. The fraction of sp³-hybridized carbons (Fsp3) is 0.200. The molecule has 196 valence electrons. The van der Waals surface area contributed by atoms with Crippen molar-refractivity contribution in [2.45, 2.75) is 36.6 Å². The van der Waals surface area contributed by atoms with Gasteiger partial charge in [-0.05, 0) is 49.2 Å². The maximum atomic E-state index is 13.2. The van der Waals surface area contributed by atoms with Gasteiger partial charge in [-0.3, -0.25) is 9.59 Å². The highest BCUT2D eigenvalue weighted by Crippen LogP contribution is 2.36. The molecular weight excluding hydrogens is 533 g/mol. The average molecular weight is 555 g/mol. The van der Waals surface area contributed by atoms with Gasteiger partial charge >= 0.3 is 6.18 Å². The summed E-state index contributed by atoms with van der Waals surface area (Å²) in [6.45, 7) is 3.23. The quantitative estimate of drug-likeness (QED) is 0.319. The number of phenolic OH excluding ortho intramolecular Hbond substituents is 1. The largest absolute Gasteiger partial charge is 0.506 e. The first-order valence-corrected chi connectivity index (χ1v) is 12.8. The predicted molar refractivity (Wildman–Crippen MR) is 134 cm³/mol. The molecule has 3 N–H and O–H groups in total. The maximum absolute atomic E-state index is 13.2. The molecule has 3 rings (SSSR count). The van der Waals surface area contributed by atoms with Crippen molar-refractivity contribution in [2.24, 2.45) is 0 Å². The number of nitrogens with one attached hydrogen (secondary N) is 2. The van der Waals surface area contributed by atoms with Crippen LogP contribution in [0.3, 0.4) is 0 Å². The lowest BCUT2D eigenvalue weighted by Crippen LogP contribution is -2.34. The van der Waals surface area contributed by atoms with E-state index in [0.717, 1.165) is 30.3 Å². The molecule has 0 spiro atoms. The molecule has 3 aromatic carbocycles. The van der Waals surface area contributed by atoms with Gasteiger partial charge in [0.2, 0.25) is 5.91 Å². The summed E-state index contributed by atoms with van der Waals surface area (Å²) in [4.78, 5) is 25.4. The van der Waals surface area contributed by atoms with Crippen LogP contribution in [0.25, 0.3) is 0 Å². The molecule has 0 fully saturated rings. The summed E-state index contributed by atoms with van der Waals surface area (Å²) in [6.07, 6.45) is -4.84. The van der Waals surface area contributed by atoms with Gasteiger partial charge in [-0.25, -0.2) is 8.42 Å². The number of anilines is 2. The van der Waals surface area contributed by atoms with Crippen molar-refractivity contribution in [3.63, 3.8) is 0 Å². The standard InChI is InChI=1S/C25H22ClF3N2O5S/c1-3-22(37(35,36)15-8-6-7-14(2)11-15)24(34)30-19-13-21(32)20(12-18(19)26)31-23(33)16-9-4-5-10-17(16)25(27,28)29/h4-13,22,32H,3H2,1-2H3,(H,30,34)(H,31,33). The number of rotatable bonds is 7. The van der Waals surface area contributed by atoms with Crippen LogP contribution < -0.4 is 10.6 Å². The van der Waals surface area contributed by atoms with Gasteiger partial charge in [-0.1, -0.05) is 42.8 Å². The molecule has 1 unspecified atom stereocenters. The second kappa shape index (κ2) is 10.8. The molecule has 0 aliphatic heterocycles. The first-order chi connectivity index (χ1) is 17.3. The van der Waals surface area contributed by atoms with Crippen molar-refractivity contribution < 1.29 is 36.3 Å². The van der Waals surface area contributed by atoms with Crippen molar-refractivity contribution in [3.8, 4) is 5.75 Å². The molecular formula is C25H22ClF3N2O5S. The van der Waals surface area contributed by atoms with Gasteiger partial charge < -0.3 is 15.7 Å². The number of aryl methyl sites for hydroxylation is 1. The van der Waals surface area contributed by atoms with Crippen molar-refractivity contribution in [3.05, 3.63) is 82.4 Å². The fourth-order valence-corrected chi connectivity index (χ4v) is 5.53. The van der Waals surface area contributed by atoms with Crippen LogP contribution in [0.4, 0.5) is 24.5 Å². The van der Waals surface area contributed by atoms with Crippen molar-refractivity contribution in [1.29, 1.82) is 0 Å². The highest BCUT2D eigenvalue weighted by atomic mass is 35.5. The van der Waals surface area contributed by atoms with E-state index in [2.05, 4.69) is 10.6 Å². The van der Waals surface area contributed by atoms with E-state index >= 15 is 0 Å². The van der Waals surface area contributed by atoms with Crippen molar-refractivity contribution in [1.82, 2.24) is 0 Å². The average Bonchev–Trinajstić information content (AvgIpc) is 2.82. The third kappa shape index (κ3) is 6.23. The van der Waals surface area contributed by atoms with Gasteiger partial charge in [0, 0.05) is 6.07 Å². The highest BCUT2D eigenvalue weighted by Gasteiger charge is 2.35. The lowest BCUT2D eigenvalue weighted by Gasteiger charge is -2.18. The summed E-state index contributed by atoms with van der Waals surface area (Å²) >= 11 is 6.17. The number of aromatic hydroxyl groups is 1.